The number of hydrogen-bond donors (Lipinski definition) is 0. The molecular weight excluding hydrogens is 100 g/mol. The largest absolute Gasteiger partial charge is 0.381 e. The summed E-state index contributed by atoms with van der Waals surface area (Å²) in [5.74, 6) is 0.875. The highest BCUT2D eigenvalue weighted by Crippen LogP contribution is 2.31. The van der Waals surface area contributed by atoms with Gasteiger partial charge in [0.15, 0.2) is 0 Å². The summed E-state index contributed by atoms with van der Waals surface area (Å²) in [6.07, 6.45) is 4.56. The van der Waals surface area contributed by atoms with Crippen molar-refractivity contribution >= 4 is 0 Å². The fraction of sp³-hybridized carbons (Fsp3) is 1.00. The molecule has 0 heterocycles. The Labute approximate surface area is 51.0 Å². The second kappa shape index (κ2) is 2.49. The van der Waals surface area contributed by atoms with E-state index in [4.69, 9.17) is 4.74 Å². The molecular formula is C7H14O. The number of methoxy groups -OCH3 is 1. The Morgan fingerprint density at radius 2 is 2.25 bits per heavy atom. The molecule has 0 bridgehead atoms. The Kier molecular flexibility index (Phi) is 1.90. The van der Waals surface area contributed by atoms with E-state index in [0.29, 0.717) is 6.10 Å². The van der Waals surface area contributed by atoms with Crippen LogP contribution >= 0.6 is 0 Å². The van der Waals surface area contributed by atoms with E-state index in [1.54, 1.807) is 0 Å². The highest BCUT2D eigenvalue weighted by Gasteiger charge is 2.28. The van der Waals surface area contributed by atoms with E-state index in [2.05, 4.69) is 6.92 Å². The fourth-order valence-electron chi connectivity index (χ4n) is 1.32. The summed E-state index contributed by atoms with van der Waals surface area (Å²) in [7, 11) is 1.81. The molecule has 1 heteroatoms. The zero-order chi connectivity index (χ0) is 5.98. The minimum atomic E-state index is 0.597. The number of hydrogen-bond acceptors (Lipinski definition) is 1. The lowest BCUT2D eigenvalue weighted by Gasteiger charge is -2.34. The summed E-state index contributed by atoms with van der Waals surface area (Å²) in [6, 6.07) is 0. The van der Waals surface area contributed by atoms with Crippen LogP contribution in [0.15, 0.2) is 0 Å². The first-order chi connectivity index (χ1) is 3.88. The van der Waals surface area contributed by atoms with Crippen molar-refractivity contribution in [1.29, 1.82) is 0 Å². The molecule has 1 nitrogen and oxygen atoms in total. The normalized spacial score (nSPS) is 36.8. The van der Waals surface area contributed by atoms with Crippen LogP contribution in [0, 0.1) is 5.92 Å². The Morgan fingerprint density at radius 3 is 2.38 bits per heavy atom. The van der Waals surface area contributed by atoms with Gasteiger partial charge in [-0.05, 0) is 18.8 Å². The van der Waals surface area contributed by atoms with Crippen molar-refractivity contribution in [1.82, 2.24) is 0 Å². The third kappa shape index (κ3) is 0.873. The van der Waals surface area contributed by atoms with Crippen LogP contribution in [0.1, 0.15) is 26.2 Å². The Balaban J connectivity index is 2.16. The van der Waals surface area contributed by atoms with Crippen molar-refractivity contribution in [2.45, 2.75) is 32.3 Å². The van der Waals surface area contributed by atoms with Crippen LogP contribution < -0.4 is 0 Å². The molecule has 2 atom stereocenters. The molecule has 0 aliphatic heterocycles. The molecule has 0 saturated heterocycles. The van der Waals surface area contributed by atoms with Gasteiger partial charge in [-0.3, -0.25) is 0 Å². The van der Waals surface area contributed by atoms with Gasteiger partial charge in [0.1, 0.15) is 0 Å². The molecule has 0 aromatic heterocycles. The molecule has 2 unspecified atom stereocenters. The van der Waals surface area contributed by atoms with Crippen molar-refractivity contribution in [3.05, 3.63) is 0 Å². The summed E-state index contributed by atoms with van der Waals surface area (Å²) in [6.45, 7) is 2.23. The Bertz CT molecular complexity index is 56.8. The molecule has 1 rings (SSSR count). The van der Waals surface area contributed by atoms with Gasteiger partial charge in [0, 0.05) is 7.11 Å². The maximum absolute atomic E-state index is 5.19. The van der Waals surface area contributed by atoms with Crippen molar-refractivity contribution < 1.29 is 4.74 Å². The third-order valence-electron chi connectivity index (χ3n) is 2.17. The van der Waals surface area contributed by atoms with Gasteiger partial charge in [0.05, 0.1) is 6.10 Å². The van der Waals surface area contributed by atoms with E-state index >= 15 is 0 Å². The molecule has 0 aromatic rings. The van der Waals surface area contributed by atoms with E-state index in [1.807, 2.05) is 7.11 Å². The second-order valence-corrected chi connectivity index (χ2v) is 2.52. The van der Waals surface area contributed by atoms with Crippen LogP contribution in [0.2, 0.25) is 0 Å². The average molecular weight is 114 g/mol. The molecule has 0 spiro atoms. The molecule has 0 radical (unpaired) electrons. The van der Waals surface area contributed by atoms with Gasteiger partial charge >= 0.3 is 0 Å². The minimum Gasteiger partial charge on any atom is -0.381 e. The van der Waals surface area contributed by atoms with Crippen LogP contribution in [0.5, 0.6) is 0 Å². The van der Waals surface area contributed by atoms with Crippen LogP contribution in [-0.4, -0.2) is 13.2 Å². The van der Waals surface area contributed by atoms with E-state index in [-0.39, 0.29) is 0 Å². The van der Waals surface area contributed by atoms with Crippen LogP contribution in [0.25, 0.3) is 0 Å². The molecule has 8 heavy (non-hydrogen) atoms. The maximum atomic E-state index is 5.19. The molecule has 0 aromatic carbocycles. The van der Waals surface area contributed by atoms with Gasteiger partial charge < -0.3 is 4.74 Å². The van der Waals surface area contributed by atoms with Crippen LogP contribution in [-0.2, 0) is 4.74 Å². The van der Waals surface area contributed by atoms with Crippen LogP contribution in [0.4, 0.5) is 0 Å². The van der Waals surface area contributed by atoms with Gasteiger partial charge in [-0.25, -0.2) is 0 Å². The van der Waals surface area contributed by atoms with Gasteiger partial charge in [-0.1, -0.05) is 13.3 Å². The Hall–Kier alpha value is -0.0400. The lowest BCUT2D eigenvalue weighted by atomic mass is 9.80. The zero-order valence-corrected chi connectivity index (χ0v) is 5.68. The summed E-state index contributed by atoms with van der Waals surface area (Å²) in [5, 5.41) is 0. The van der Waals surface area contributed by atoms with E-state index in [9.17, 15) is 0 Å². The number of ether oxygens (including phenoxy) is 1. The minimum absolute atomic E-state index is 0.597. The van der Waals surface area contributed by atoms with Crippen molar-refractivity contribution in [3.8, 4) is 0 Å². The highest BCUT2D eigenvalue weighted by molar-refractivity contribution is 4.79. The lowest BCUT2D eigenvalue weighted by Crippen LogP contribution is -2.32. The van der Waals surface area contributed by atoms with Crippen molar-refractivity contribution in [2.75, 3.05) is 7.11 Å². The summed E-state index contributed by atoms with van der Waals surface area (Å²) in [4.78, 5) is 0. The summed E-state index contributed by atoms with van der Waals surface area (Å²) >= 11 is 0. The van der Waals surface area contributed by atoms with Crippen LogP contribution in [0.3, 0.4) is 0 Å². The molecule has 48 valence electrons. The average Bonchev–Trinajstić information content (AvgIpc) is 1.66. The predicted molar refractivity (Wildman–Crippen MR) is 33.8 cm³/mol. The monoisotopic (exact) mass is 114 g/mol. The smallest absolute Gasteiger partial charge is 0.0599 e. The molecule has 1 fully saturated rings. The van der Waals surface area contributed by atoms with Gasteiger partial charge in [0.2, 0.25) is 0 Å². The molecule has 0 N–H and O–H groups in total. The highest BCUT2D eigenvalue weighted by atomic mass is 16.5. The molecule has 1 aliphatic carbocycles. The number of rotatable bonds is 2. The first kappa shape index (κ1) is 6.09. The molecule has 1 saturated carbocycles. The topological polar surface area (TPSA) is 9.23 Å². The Morgan fingerprint density at radius 1 is 1.50 bits per heavy atom. The first-order valence-electron chi connectivity index (χ1n) is 3.41. The molecule has 0 amide bonds. The summed E-state index contributed by atoms with van der Waals surface area (Å²) < 4.78 is 5.19. The lowest BCUT2D eigenvalue weighted by molar-refractivity contribution is -0.0174. The third-order valence-corrected chi connectivity index (χ3v) is 2.17. The summed E-state index contributed by atoms with van der Waals surface area (Å²) in [5.41, 5.74) is 0. The van der Waals surface area contributed by atoms with Gasteiger partial charge in [-0.2, -0.15) is 0 Å². The zero-order valence-electron chi connectivity index (χ0n) is 5.68. The first-order valence-corrected chi connectivity index (χ1v) is 3.41. The second-order valence-electron chi connectivity index (χ2n) is 2.52. The predicted octanol–water partition coefficient (Wildman–Crippen LogP) is 1.82. The molecule has 1 aliphatic rings. The fourth-order valence-corrected chi connectivity index (χ4v) is 1.32. The van der Waals surface area contributed by atoms with Gasteiger partial charge in [0.25, 0.3) is 0 Å². The van der Waals surface area contributed by atoms with Crippen molar-refractivity contribution in [3.63, 3.8) is 0 Å². The van der Waals surface area contributed by atoms with E-state index < -0.39 is 0 Å². The van der Waals surface area contributed by atoms with E-state index in [1.165, 1.54) is 19.3 Å². The van der Waals surface area contributed by atoms with Gasteiger partial charge in [-0.15, -0.1) is 0 Å². The maximum Gasteiger partial charge on any atom is 0.0599 e. The quantitative estimate of drug-likeness (QED) is 0.532. The van der Waals surface area contributed by atoms with Crippen molar-refractivity contribution in [2.24, 2.45) is 5.92 Å². The standard InChI is InChI=1S/C7H14O/c1-3-6-4-5-7(6)8-2/h6-7H,3-5H2,1-2H3. The SMILES string of the molecule is CCC1CCC1OC. The van der Waals surface area contributed by atoms with E-state index in [0.717, 1.165) is 5.92 Å².